The van der Waals surface area contributed by atoms with Crippen LogP contribution in [0.2, 0.25) is 0 Å². The Morgan fingerprint density at radius 3 is 0.667 bits per heavy atom. The van der Waals surface area contributed by atoms with Crippen LogP contribution in [0.5, 0.6) is 0 Å². The molecule has 299 valence electrons. The molecule has 2 atom stereocenters. The molecule has 0 aromatic heterocycles. The summed E-state index contributed by atoms with van der Waals surface area (Å²) in [6.45, 7) is 0. The Morgan fingerprint density at radius 1 is 0.283 bits per heavy atom. The first-order valence-electron chi connectivity index (χ1n) is 20.7. The van der Waals surface area contributed by atoms with E-state index in [1.54, 1.807) is 0 Å². The van der Waals surface area contributed by atoms with Crippen molar-refractivity contribution in [2.24, 2.45) is 0 Å². The van der Waals surface area contributed by atoms with E-state index in [0.29, 0.717) is 8.10 Å². The molecule has 0 nitrogen and oxygen atoms in total. The van der Waals surface area contributed by atoms with Gasteiger partial charge in [-0.1, -0.05) is 0 Å². The van der Waals surface area contributed by atoms with E-state index in [9.17, 15) is 0 Å². The number of hydrogen-bond acceptors (Lipinski definition) is 0. The van der Waals surface area contributed by atoms with Crippen LogP contribution in [0.1, 0.15) is 12.8 Å². The van der Waals surface area contributed by atoms with Crippen LogP contribution < -0.4 is 42.4 Å². The van der Waals surface area contributed by atoms with E-state index in [-0.39, 0.29) is 0 Å². The summed E-state index contributed by atoms with van der Waals surface area (Å²) in [5.74, 6) is 0. The van der Waals surface area contributed by atoms with Gasteiger partial charge in [-0.3, -0.25) is 0 Å². The van der Waals surface area contributed by atoms with E-state index in [4.69, 9.17) is 9.42 Å². The van der Waals surface area contributed by atoms with Gasteiger partial charge in [0.2, 0.25) is 0 Å². The quantitative estimate of drug-likeness (QED) is 0.0752. The minimum atomic E-state index is -3.00. The van der Waals surface area contributed by atoms with Crippen LogP contribution >= 0.6 is 41.1 Å². The monoisotopic (exact) mass is 1040 g/mol. The van der Waals surface area contributed by atoms with E-state index >= 15 is 0 Å². The van der Waals surface area contributed by atoms with Crippen LogP contribution in [-0.4, -0.2) is 20.4 Å². The van der Waals surface area contributed by atoms with Crippen molar-refractivity contribution in [2.45, 2.75) is 20.9 Å². The van der Waals surface area contributed by atoms with Gasteiger partial charge in [0, 0.05) is 0 Å². The van der Waals surface area contributed by atoms with Crippen LogP contribution in [0.25, 0.3) is 0 Å². The summed E-state index contributed by atoms with van der Waals surface area (Å²) in [7, 11) is 6.13. The van der Waals surface area contributed by atoms with Gasteiger partial charge in [0.1, 0.15) is 0 Å². The van der Waals surface area contributed by atoms with Crippen molar-refractivity contribution >= 4 is 83.5 Å². The Balaban J connectivity index is 1.28. The van der Waals surface area contributed by atoms with Gasteiger partial charge < -0.3 is 0 Å². The summed E-state index contributed by atoms with van der Waals surface area (Å²) in [6, 6.07) is 91.0. The van der Waals surface area contributed by atoms with Crippen LogP contribution in [0, 0.1) is 0 Å². The molecule has 0 aliphatic heterocycles. The van der Waals surface area contributed by atoms with Crippen LogP contribution in [0.15, 0.2) is 243 Å². The van der Waals surface area contributed by atoms with Crippen molar-refractivity contribution in [1.82, 2.24) is 0 Å². The van der Waals surface area contributed by atoms with Gasteiger partial charge in [0.05, 0.1) is 0 Å². The van der Waals surface area contributed by atoms with Crippen molar-refractivity contribution in [2.75, 3.05) is 12.3 Å². The van der Waals surface area contributed by atoms with Crippen molar-refractivity contribution in [3.63, 3.8) is 0 Å². The van der Waals surface area contributed by atoms with Gasteiger partial charge in [-0.15, -0.1) is 0 Å². The third kappa shape index (κ3) is 11.1. The zero-order valence-corrected chi connectivity index (χ0v) is 40.9. The van der Waals surface area contributed by atoms with E-state index < -0.39 is 48.0 Å². The molecule has 2 unspecified atom stereocenters. The standard InChI is InChI=1S/2C27H25P2.ClH.W/c2*1-5-14-24(15-6-1)28(25-16-7-2-8-17-25)22-13-23-29(26-18-9-3-10-19-26)27-20-11-4-12-21-27;;/h2*1-12,14-22H,13,23H2;1H;/q;;;+1/p-1. The summed E-state index contributed by atoms with van der Waals surface area (Å²) in [6.07, 6.45) is 4.45. The molecule has 0 bridgehead atoms. The maximum atomic E-state index is 8.79. The Bertz CT molecular complexity index is 2080. The predicted octanol–water partition coefficient (Wildman–Crippen LogP) is 11.7. The fourth-order valence-electron chi connectivity index (χ4n) is 7.91. The number of hydrogen-bond donors (Lipinski definition) is 0. The maximum absolute atomic E-state index is 8.79. The molecule has 0 aliphatic rings. The SMILES string of the molecule is [Cl][W]([CH](CCP(c1ccccc1)c1ccccc1)P(c1ccccc1)c1ccccc1)[CH](CCP(c1ccccc1)c1ccccc1)P(c1ccccc1)c1ccccc1. The van der Waals surface area contributed by atoms with Crippen molar-refractivity contribution < 1.29 is 16.3 Å². The second-order valence-electron chi connectivity index (χ2n) is 14.5. The second kappa shape index (κ2) is 22.5. The first kappa shape index (κ1) is 43.1. The zero-order valence-electron chi connectivity index (χ0n) is 33.7. The zero-order chi connectivity index (χ0) is 40.8. The normalized spacial score (nSPS) is 12.6. The molecule has 0 amide bonds. The number of halogens is 1. The molecule has 8 aromatic carbocycles. The minimum absolute atomic E-state index is 0.408. The van der Waals surface area contributed by atoms with Crippen LogP contribution in [0.3, 0.4) is 0 Å². The summed E-state index contributed by atoms with van der Waals surface area (Å²) in [5.41, 5.74) is 0. The van der Waals surface area contributed by atoms with E-state index in [1.807, 2.05) is 0 Å². The molecule has 0 fully saturated rings. The van der Waals surface area contributed by atoms with E-state index in [2.05, 4.69) is 243 Å². The van der Waals surface area contributed by atoms with Gasteiger partial charge in [-0.05, 0) is 0 Å². The molecule has 0 spiro atoms. The van der Waals surface area contributed by atoms with Crippen LogP contribution in [-0.2, 0) is 16.3 Å². The van der Waals surface area contributed by atoms with Crippen molar-refractivity contribution in [3.05, 3.63) is 243 Å². The molecule has 0 N–H and O–H groups in total. The topological polar surface area (TPSA) is 0 Å². The van der Waals surface area contributed by atoms with E-state index in [0.717, 1.165) is 25.2 Å². The van der Waals surface area contributed by atoms with Gasteiger partial charge >= 0.3 is 376 Å². The predicted molar refractivity (Wildman–Crippen MR) is 269 cm³/mol. The average molecular weight is 1040 g/mol. The first-order valence-corrected chi connectivity index (χ1v) is 33.6. The summed E-state index contributed by atoms with van der Waals surface area (Å²) < 4.78 is 0.817. The van der Waals surface area contributed by atoms with Crippen molar-refractivity contribution in [3.8, 4) is 0 Å². The fraction of sp³-hybridized carbons (Fsp3) is 0.111. The van der Waals surface area contributed by atoms with Crippen LogP contribution in [0.4, 0.5) is 0 Å². The molecule has 8 aromatic rings. The first-order chi connectivity index (χ1) is 29.7. The molecule has 6 heteroatoms. The summed E-state index contributed by atoms with van der Waals surface area (Å²) in [4.78, 5) is 0. The van der Waals surface area contributed by atoms with Crippen molar-refractivity contribution in [1.29, 1.82) is 0 Å². The molecule has 0 saturated carbocycles. The molecule has 0 heterocycles. The molecule has 0 aliphatic carbocycles. The van der Waals surface area contributed by atoms with Gasteiger partial charge in [-0.25, -0.2) is 0 Å². The Hall–Kier alpha value is -3.54. The molecule has 60 heavy (non-hydrogen) atoms. The molecular formula is C54H50ClP4W. The average Bonchev–Trinajstić information content (AvgIpc) is 3.33. The van der Waals surface area contributed by atoms with Gasteiger partial charge in [0.25, 0.3) is 0 Å². The fourth-order valence-corrected chi connectivity index (χ4v) is 41.5. The summed E-state index contributed by atoms with van der Waals surface area (Å²) >= 11 is -3.00. The number of rotatable bonds is 18. The third-order valence-electron chi connectivity index (χ3n) is 10.7. The van der Waals surface area contributed by atoms with E-state index in [1.165, 1.54) is 42.4 Å². The Kier molecular flexibility index (Phi) is 16.2. The molecular weight excluding hydrogens is 992 g/mol. The molecule has 8 rings (SSSR count). The second-order valence-corrected chi connectivity index (χ2v) is 36.0. The molecule has 0 radical (unpaired) electrons. The molecule has 0 saturated heterocycles. The third-order valence-corrected chi connectivity index (χ3v) is 40.1. The van der Waals surface area contributed by atoms with Gasteiger partial charge in [0.15, 0.2) is 0 Å². The van der Waals surface area contributed by atoms with Gasteiger partial charge in [-0.2, -0.15) is 0 Å². The Morgan fingerprint density at radius 2 is 0.467 bits per heavy atom. The Labute approximate surface area is 373 Å². The number of benzene rings is 8. The summed E-state index contributed by atoms with van der Waals surface area (Å²) in [5, 5.41) is 11.6.